The van der Waals surface area contributed by atoms with Gasteiger partial charge in [0, 0.05) is 34.7 Å². The molecule has 0 spiro atoms. The molecular formula is C21H23FN2O. The number of hydrogen-bond acceptors (Lipinski definition) is 2. The van der Waals surface area contributed by atoms with Crippen LogP contribution >= 0.6 is 0 Å². The van der Waals surface area contributed by atoms with E-state index in [1.807, 2.05) is 18.2 Å². The van der Waals surface area contributed by atoms with E-state index in [-0.39, 0.29) is 11.9 Å². The Hall–Kier alpha value is -2.33. The fraction of sp³-hybridized carbons (Fsp3) is 0.333. The van der Waals surface area contributed by atoms with Gasteiger partial charge in [-0.3, -0.25) is 4.90 Å². The van der Waals surface area contributed by atoms with Gasteiger partial charge in [-0.2, -0.15) is 0 Å². The first-order chi connectivity index (χ1) is 12.1. The molecule has 25 heavy (non-hydrogen) atoms. The molecule has 4 heteroatoms. The van der Waals surface area contributed by atoms with Gasteiger partial charge in [-0.15, -0.1) is 0 Å². The van der Waals surface area contributed by atoms with Gasteiger partial charge in [-0.05, 0) is 56.5 Å². The molecule has 2 unspecified atom stereocenters. The zero-order valence-corrected chi connectivity index (χ0v) is 14.4. The van der Waals surface area contributed by atoms with Crippen LogP contribution in [0.1, 0.15) is 43.5 Å². The minimum atomic E-state index is -0.207. The van der Waals surface area contributed by atoms with E-state index in [1.165, 1.54) is 12.5 Å². The van der Waals surface area contributed by atoms with E-state index >= 15 is 0 Å². The Labute approximate surface area is 147 Å². The summed E-state index contributed by atoms with van der Waals surface area (Å²) in [6.07, 6.45) is 3.39. The van der Waals surface area contributed by atoms with Crippen LogP contribution in [0.15, 0.2) is 48.5 Å². The van der Waals surface area contributed by atoms with Crippen LogP contribution in [0.2, 0.25) is 0 Å². The summed E-state index contributed by atoms with van der Waals surface area (Å²) in [5.41, 5.74) is 3.04. The summed E-state index contributed by atoms with van der Waals surface area (Å²) >= 11 is 0. The molecule has 2 heterocycles. The van der Waals surface area contributed by atoms with Crippen molar-refractivity contribution in [2.45, 2.75) is 44.8 Å². The van der Waals surface area contributed by atoms with Crippen LogP contribution in [0.25, 0.3) is 10.9 Å². The van der Waals surface area contributed by atoms with Crippen molar-refractivity contribution in [2.24, 2.45) is 0 Å². The van der Waals surface area contributed by atoms with Gasteiger partial charge in [0.1, 0.15) is 11.6 Å². The largest absolute Gasteiger partial charge is 0.508 e. The monoisotopic (exact) mass is 338 g/mol. The number of fused-ring (bicyclic) bond motifs is 1. The molecule has 1 aliphatic heterocycles. The van der Waals surface area contributed by atoms with E-state index in [4.69, 9.17) is 0 Å². The SMILES string of the molecule is CC1CCCC(c2cc3cc(F)ccc3[nH]2)N1Cc1ccccc1O. The van der Waals surface area contributed by atoms with Crippen molar-refractivity contribution in [3.63, 3.8) is 0 Å². The Bertz CT molecular complexity index is 888. The van der Waals surface area contributed by atoms with Crippen molar-refractivity contribution in [3.05, 3.63) is 65.6 Å². The lowest BCUT2D eigenvalue weighted by Gasteiger charge is -2.40. The van der Waals surface area contributed by atoms with Gasteiger partial charge >= 0.3 is 0 Å². The maximum Gasteiger partial charge on any atom is 0.123 e. The number of H-pyrrole nitrogens is 1. The fourth-order valence-corrected chi connectivity index (χ4v) is 3.99. The van der Waals surface area contributed by atoms with E-state index in [2.05, 4.69) is 22.9 Å². The minimum Gasteiger partial charge on any atom is -0.508 e. The quantitative estimate of drug-likeness (QED) is 0.695. The number of benzene rings is 2. The summed E-state index contributed by atoms with van der Waals surface area (Å²) in [5.74, 6) is 0.138. The lowest BCUT2D eigenvalue weighted by molar-refractivity contribution is 0.0814. The van der Waals surface area contributed by atoms with E-state index < -0.39 is 0 Å². The van der Waals surface area contributed by atoms with Crippen molar-refractivity contribution in [1.29, 1.82) is 0 Å². The highest BCUT2D eigenvalue weighted by Crippen LogP contribution is 2.37. The lowest BCUT2D eigenvalue weighted by atomic mass is 9.93. The molecule has 2 atom stereocenters. The number of halogens is 1. The minimum absolute atomic E-state index is 0.207. The molecule has 2 N–H and O–H groups in total. The maximum atomic E-state index is 13.5. The number of phenols is 1. The summed E-state index contributed by atoms with van der Waals surface area (Å²) in [6, 6.07) is 15.2. The molecule has 1 aromatic heterocycles. The number of nitrogens with zero attached hydrogens (tertiary/aromatic N) is 1. The zero-order valence-electron chi connectivity index (χ0n) is 14.4. The Morgan fingerprint density at radius 3 is 2.84 bits per heavy atom. The highest BCUT2D eigenvalue weighted by Gasteiger charge is 2.30. The normalized spacial score (nSPS) is 21.7. The maximum absolute atomic E-state index is 13.5. The second kappa shape index (κ2) is 6.52. The fourth-order valence-electron chi connectivity index (χ4n) is 3.99. The summed E-state index contributed by atoms with van der Waals surface area (Å²) in [7, 11) is 0. The first-order valence-corrected chi connectivity index (χ1v) is 8.92. The summed E-state index contributed by atoms with van der Waals surface area (Å²) < 4.78 is 13.5. The van der Waals surface area contributed by atoms with Crippen molar-refractivity contribution in [2.75, 3.05) is 0 Å². The smallest absolute Gasteiger partial charge is 0.123 e. The van der Waals surface area contributed by atoms with Crippen LogP contribution < -0.4 is 0 Å². The predicted molar refractivity (Wildman–Crippen MR) is 98.0 cm³/mol. The number of hydrogen-bond donors (Lipinski definition) is 2. The average molecular weight is 338 g/mol. The molecule has 1 fully saturated rings. The molecule has 1 saturated heterocycles. The number of piperidine rings is 1. The molecule has 3 aromatic rings. The topological polar surface area (TPSA) is 39.3 Å². The van der Waals surface area contributed by atoms with Gasteiger partial charge < -0.3 is 10.1 Å². The Kier molecular flexibility index (Phi) is 4.22. The van der Waals surface area contributed by atoms with Crippen LogP contribution in [0.5, 0.6) is 5.75 Å². The van der Waals surface area contributed by atoms with Gasteiger partial charge in [0.05, 0.1) is 6.04 Å². The third kappa shape index (κ3) is 3.14. The van der Waals surface area contributed by atoms with E-state index in [0.29, 0.717) is 18.3 Å². The van der Waals surface area contributed by atoms with Gasteiger partial charge in [-0.25, -0.2) is 4.39 Å². The first kappa shape index (κ1) is 16.2. The number of aromatic nitrogens is 1. The van der Waals surface area contributed by atoms with Gasteiger partial charge in [0.2, 0.25) is 0 Å². The summed E-state index contributed by atoms with van der Waals surface area (Å²) in [6.45, 7) is 2.96. The third-order valence-electron chi connectivity index (χ3n) is 5.37. The molecule has 2 aromatic carbocycles. The molecular weight excluding hydrogens is 315 g/mol. The Morgan fingerprint density at radius 2 is 2.00 bits per heavy atom. The summed E-state index contributed by atoms with van der Waals surface area (Å²) in [5, 5.41) is 11.1. The number of para-hydroxylation sites is 1. The second-order valence-corrected chi connectivity index (χ2v) is 7.05. The van der Waals surface area contributed by atoms with Crippen molar-refractivity contribution in [3.8, 4) is 5.75 Å². The van der Waals surface area contributed by atoms with Crippen molar-refractivity contribution < 1.29 is 9.50 Å². The van der Waals surface area contributed by atoms with E-state index in [1.54, 1.807) is 18.2 Å². The van der Waals surface area contributed by atoms with Crippen LogP contribution in [0, 0.1) is 5.82 Å². The third-order valence-corrected chi connectivity index (χ3v) is 5.37. The second-order valence-electron chi connectivity index (χ2n) is 7.05. The highest BCUT2D eigenvalue weighted by atomic mass is 19.1. The number of rotatable bonds is 3. The molecule has 130 valence electrons. The summed E-state index contributed by atoms with van der Waals surface area (Å²) in [4.78, 5) is 5.92. The number of likely N-dealkylation sites (tertiary alicyclic amines) is 1. The Morgan fingerprint density at radius 1 is 1.16 bits per heavy atom. The van der Waals surface area contributed by atoms with Crippen LogP contribution in [-0.2, 0) is 6.54 Å². The number of aromatic amines is 1. The van der Waals surface area contributed by atoms with E-state index in [9.17, 15) is 9.50 Å². The van der Waals surface area contributed by atoms with Crippen LogP contribution in [0.3, 0.4) is 0 Å². The van der Waals surface area contributed by atoms with Crippen molar-refractivity contribution in [1.82, 2.24) is 9.88 Å². The van der Waals surface area contributed by atoms with Gasteiger partial charge in [-0.1, -0.05) is 18.2 Å². The highest BCUT2D eigenvalue weighted by molar-refractivity contribution is 5.80. The molecule has 0 amide bonds. The zero-order chi connectivity index (χ0) is 17.4. The molecule has 1 aliphatic rings. The lowest BCUT2D eigenvalue weighted by Crippen LogP contribution is -2.39. The number of aromatic hydroxyl groups is 1. The molecule has 3 nitrogen and oxygen atoms in total. The van der Waals surface area contributed by atoms with Gasteiger partial charge in [0.15, 0.2) is 0 Å². The first-order valence-electron chi connectivity index (χ1n) is 8.92. The Balaban J connectivity index is 1.68. The van der Waals surface area contributed by atoms with Gasteiger partial charge in [0.25, 0.3) is 0 Å². The predicted octanol–water partition coefficient (Wildman–Crippen LogP) is 5.13. The van der Waals surface area contributed by atoms with E-state index in [0.717, 1.165) is 35.0 Å². The molecule has 4 rings (SSSR count). The van der Waals surface area contributed by atoms with Crippen LogP contribution in [0.4, 0.5) is 4.39 Å². The molecule has 0 bridgehead atoms. The molecule has 0 radical (unpaired) electrons. The average Bonchev–Trinajstić information content (AvgIpc) is 3.01. The number of nitrogens with one attached hydrogen (secondary N) is 1. The molecule has 0 saturated carbocycles. The van der Waals surface area contributed by atoms with Crippen molar-refractivity contribution >= 4 is 10.9 Å². The molecule has 0 aliphatic carbocycles. The standard InChI is InChI=1S/C21H23FN2O/c1-14-5-4-7-20(24(14)13-15-6-2-3-8-21(15)25)19-12-16-11-17(22)9-10-18(16)23-19/h2-3,6,8-12,14,20,23,25H,4-5,7,13H2,1H3. The number of phenolic OH excluding ortho intramolecular Hbond substituents is 1. The van der Waals surface area contributed by atoms with Crippen LogP contribution in [-0.4, -0.2) is 21.0 Å².